The number of nitrogens with one attached hydrogen (secondary N) is 1. The number of nitrogens with zero attached hydrogens (tertiary/aromatic N) is 2. The Labute approximate surface area is 117 Å². The van der Waals surface area contributed by atoms with Crippen LogP contribution in [-0.4, -0.2) is 23.5 Å². The van der Waals surface area contributed by atoms with Crippen molar-refractivity contribution in [2.75, 3.05) is 0 Å². The number of sulfonamides is 1. The van der Waals surface area contributed by atoms with Crippen LogP contribution in [0.2, 0.25) is 0 Å². The van der Waals surface area contributed by atoms with Crippen LogP contribution in [0.4, 0.5) is 0 Å². The summed E-state index contributed by atoms with van der Waals surface area (Å²) in [6, 6.07) is 6.47. The average molecular weight is 293 g/mol. The van der Waals surface area contributed by atoms with Crippen LogP contribution < -0.4 is 4.72 Å². The Balaban J connectivity index is 2.22. The molecule has 0 amide bonds. The van der Waals surface area contributed by atoms with Crippen LogP contribution >= 0.6 is 0 Å². The van der Waals surface area contributed by atoms with E-state index in [-0.39, 0.29) is 18.0 Å². The maximum atomic E-state index is 12.3. The molecule has 0 aliphatic rings. The molecule has 0 fully saturated rings. The first-order valence-corrected chi connectivity index (χ1v) is 7.46. The number of aliphatic hydroxyl groups is 1. The summed E-state index contributed by atoms with van der Waals surface area (Å²) in [5, 5.41) is 9.09. The van der Waals surface area contributed by atoms with E-state index >= 15 is 0 Å². The third kappa shape index (κ3) is 3.38. The number of aliphatic hydroxyl groups excluding tert-OH is 1. The fourth-order valence-electron chi connectivity index (χ4n) is 1.70. The molecule has 0 aliphatic heterocycles. The Morgan fingerprint density at radius 1 is 1.30 bits per heavy atom. The first-order chi connectivity index (χ1) is 9.53. The number of benzene rings is 1. The quantitative estimate of drug-likeness (QED) is 0.849. The predicted octanol–water partition coefficient (Wildman–Crippen LogP) is 0.756. The highest BCUT2D eigenvalue weighted by atomic mass is 32.2. The van der Waals surface area contributed by atoms with Gasteiger partial charge in [-0.2, -0.15) is 0 Å². The third-order valence-electron chi connectivity index (χ3n) is 2.81. The zero-order valence-corrected chi connectivity index (χ0v) is 11.8. The Hall–Kier alpha value is -1.83. The van der Waals surface area contributed by atoms with Gasteiger partial charge in [0, 0.05) is 6.20 Å². The van der Waals surface area contributed by atoms with Crippen LogP contribution in [0.1, 0.15) is 16.8 Å². The largest absolute Gasteiger partial charge is 0.392 e. The lowest BCUT2D eigenvalue weighted by Gasteiger charge is -2.10. The van der Waals surface area contributed by atoms with Crippen molar-refractivity contribution in [3.63, 3.8) is 0 Å². The van der Waals surface area contributed by atoms with E-state index in [4.69, 9.17) is 5.11 Å². The van der Waals surface area contributed by atoms with Crippen LogP contribution in [0.15, 0.2) is 41.7 Å². The zero-order valence-electron chi connectivity index (χ0n) is 10.9. The van der Waals surface area contributed by atoms with Crippen molar-refractivity contribution in [2.45, 2.75) is 25.0 Å². The Kier molecular flexibility index (Phi) is 4.43. The molecule has 1 aromatic carbocycles. The van der Waals surface area contributed by atoms with Gasteiger partial charge in [-0.1, -0.05) is 12.1 Å². The normalized spacial score (nSPS) is 11.5. The SMILES string of the molecule is Cc1ccc(CO)cc1S(=O)(=O)NCc1ccncn1. The number of hydrogen-bond acceptors (Lipinski definition) is 5. The van der Waals surface area contributed by atoms with Gasteiger partial charge in [-0.3, -0.25) is 0 Å². The van der Waals surface area contributed by atoms with E-state index in [1.807, 2.05) is 0 Å². The topological polar surface area (TPSA) is 92.2 Å². The minimum Gasteiger partial charge on any atom is -0.392 e. The molecule has 0 radical (unpaired) electrons. The molecule has 1 aromatic heterocycles. The Morgan fingerprint density at radius 2 is 2.10 bits per heavy atom. The van der Waals surface area contributed by atoms with Gasteiger partial charge in [0.15, 0.2) is 0 Å². The van der Waals surface area contributed by atoms with Gasteiger partial charge in [0.1, 0.15) is 6.33 Å². The van der Waals surface area contributed by atoms with Crippen molar-refractivity contribution < 1.29 is 13.5 Å². The highest BCUT2D eigenvalue weighted by molar-refractivity contribution is 7.89. The van der Waals surface area contributed by atoms with Crippen LogP contribution in [0, 0.1) is 6.92 Å². The van der Waals surface area contributed by atoms with Gasteiger partial charge < -0.3 is 5.11 Å². The molecule has 2 rings (SSSR count). The van der Waals surface area contributed by atoms with Gasteiger partial charge in [-0.05, 0) is 30.2 Å². The molecule has 106 valence electrons. The highest BCUT2D eigenvalue weighted by Crippen LogP contribution is 2.17. The summed E-state index contributed by atoms with van der Waals surface area (Å²) in [4.78, 5) is 7.89. The zero-order chi connectivity index (χ0) is 14.6. The number of aryl methyl sites for hydroxylation is 1. The summed E-state index contributed by atoms with van der Waals surface area (Å²) < 4.78 is 27.0. The summed E-state index contributed by atoms with van der Waals surface area (Å²) in [6.45, 7) is 1.60. The maximum absolute atomic E-state index is 12.3. The summed E-state index contributed by atoms with van der Waals surface area (Å²) >= 11 is 0. The fourth-order valence-corrected chi connectivity index (χ4v) is 2.99. The van der Waals surface area contributed by atoms with E-state index in [1.54, 1.807) is 31.3 Å². The summed E-state index contributed by atoms with van der Waals surface area (Å²) in [5.41, 5.74) is 1.76. The molecule has 0 aliphatic carbocycles. The van der Waals surface area contributed by atoms with E-state index in [0.29, 0.717) is 16.8 Å². The van der Waals surface area contributed by atoms with Gasteiger partial charge >= 0.3 is 0 Å². The standard InChI is InChI=1S/C13H15N3O3S/c1-10-2-3-11(8-17)6-13(10)20(18,19)16-7-12-4-5-14-9-15-12/h2-6,9,16-17H,7-8H2,1H3. The number of hydrogen-bond donors (Lipinski definition) is 2. The molecule has 20 heavy (non-hydrogen) atoms. The van der Waals surface area contributed by atoms with Crippen molar-refractivity contribution in [2.24, 2.45) is 0 Å². The second-order valence-corrected chi connectivity index (χ2v) is 6.02. The van der Waals surface area contributed by atoms with Crippen molar-refractivity contribution in [1.82, 2.24) is 14.7 Å². The van der Waals surface area contributed by atoms with Crippen LogP contribution in [0.25, 0.3) is 0 Å². The van der Waals surface area contributed by atoms with Crippen LogP contribution in [0.3, 0.4) is 0 Å². The highest BCUT2D eigenvalue weighted by Gasteiger charge is 2.17. The summed E-state index contributed by atoms with van der Waals surface area (Å²) in [6.07, 6.45) is 2.91. The van der Waals surface area contributed by atoms with Gasteiger partial charge in [-0.15, -0.1) is 0 Å². The lowest BCUT2D eigenvalue weighted by atomic mass is 10.2. The van der Waals surface area contributed by atoms with E-state index in [1.165, 1.54) is 12.4 Å². The number of rotatable bonds is 5. The van der Waals surface area contributed by atoms with Crippen LogP contribution in [-0.2, 0) is 23.2 Å². The summed E-state index contributed by atoms with van der Waals surface area (Å²) in [7, 11) is -3.64. The molecule has 0 unspecified atom stereocenters. The lowest BCUT2D eigenvalue weighted by Crippen LogP contribution is -2.24. The molecular formula is C13H15N3O3S. The van der Waals surface area contributed by atoms with Crippen molar-refractivity contribution >= 4 is 10.0 Å². The first-order valence-electron chi connectivity index (χ1n) is 5.98. The predicted molar refractivity (Wildman–Crippen MR) is 73.2 cm³/mol. The van der Waals surface area contributed by atoms with Gasteiger partial charge in [-0.25, -0.2) is 23.1 Å². The van der Waals surface area contributed by atoms with E-state index < -0.39 is 10.0 Å². The monoisotopic (exact) mass is 293 g/mol. The molecule has 1 heterocycles. The first kappa shape index (κ1) is 14.6. The Morgan fingerprint density at radius 3 is 2.75 bits per heavy atom. The van der Waals surface area contributed by atoms with Gasteiger partial charge in [0.2, 0.25) is 10.0 Å². The van der Waals surface area contributed by atoms with E-state index in [0.717, 1.165) is 0 Å². The average Bonchev–Trinajstić information content (AvgIpc) is 2.47. The molecule has 0 saturated heterocycles. The third-order valence-corrected chi connectivity index (χ3v) is 4.35. The van der Waals surface area contributed by atoms with E-state index in [9.17, 15) is 8.42 Å². The van der Waals surface area contributed by atoms with E-state index in [2.05, 4.69) is 14.7 Å². The molecule has 0 atom stereocenters. The van der Waals surface area contributed by atoms with Gasteiger partial charge in [0.05, 0.1) is 23.7 Å². The smallest absolute Gasteiger partial charge is 0.241 e. The van der Waals surface area contributed by atoms with Gasteiger partial charge in [0.25, 0.3) is 0 Å². The van der Waals surface area contributed by atoms with Crippen molar-refractivity contribution in [1.29, 1.82) is 0 Å². The molecule has 7 heteroatoms. The molecule has 2 aromatic rings. The van der Waals surface area contributed by atoms with Crippen molar-refractivity contribution in [3.8, 4) is 0 Å². The second kappa shape index (κ2) is 6.08. The molecular weight excluding hydrogens is 278 g/mol. The molecule has 2 N–H and O–H groups in total. The summed E-state index contributed by atoms with van der Waals surface area (Å²) in [5.74, 6) is 0. The van der Waals surface area contributed by atoms with Crippen LogP contribution in [0.5, 0.6) is 0 Å². The molecule has 0 saturated carbocycles. The molecule has 0 bridgehead atoms. The Bertz CT molecular complexity index is 687. The maximum Gasteiger partial charge on any atom is 0.241 e. The van der Waals surface area contributed by atoms with Crippen molar-refractivity contribution in [3.05, 3.63) is 53.6 Å². The minimum absolute atomic E-state index is 0.0909. The second-order valence-electron chi connectivity index (χ2n) is 4.28. The lowest BCUT2D eigenvalue weighted by molar-refractivity contribution is 0.281. The molecule has 6 nitrogen and oxygen atoms in total. The number of aromatic nitrogens is 2. The fraction of sp³-hybridized carbons (Fsp3) is 0.231. The minimum atomic E-state index is -3.64. The molecule has 0 spiro atoms.